The molecule has 6 nitrogen and oxygen atoms in total. The van der Waals surface area contributed by atoms with E-state index in [1.165, 1.54) is 25.7 Å². The number of hydrogen-bond donors (Lipinski definition) is 1. The molecule has 3 unspecified atom stereocenters. The lowest BCUT2D eigenvalue weighted by Gasteiger charge is -2.28. The number of ether oxygens (including phenoxy) is 1. The maximum absolute atomic E-state index is 6.07. The van der Waals surface area contributed by atoms with Crippen molar-refractivity contribution in [2.75, 3.05) is 5.73 Å². The van der Waals surface area contributed by atoms with Gasteiger partial charge in [0.15, 0.2) is 11.5 Å². The highest BCUT2D eigenvalue weighted by atomic mass is 16.5. The monoisotopic (exact) mass is 331 g/mol. The Bertz CT molecular complexity index is 683. The topological polar surface area (TPSA) is 78.3 Å². The average molecular weight is 331 g/mol. The van der Waals surface area contributed by atoms with Crippen LogP contribution >= 0.6 is 0 Å². The first-order chi connectivity index (χ1) is 11.6. The molecule has 1 aliphatic rings. The molecule has 1 saturated carbocycles. The quantitative estimate of drug-likeness (QED) is 0.874. The normalized spacial score (nSPS) is 22.6. The van der Waals surface area contributed by atoms with Crippen LogP contribution in [0.3, 0.4) is 0 Å². The van der Waals surface area contributed by atoms with Crippen molar-refractivity contribution >= 4 is 11.5 Å². The second kappa shape index (κ2) is 7.36. The number of nitrogen functional groups attached to an aromatic ring is 1. The lowest BCUT2D eigenvalue weighted by Crippen LogP contribution is -2.20. The highest BCUT2D eigenvalue weighted by Gasteiger charge is 2.23. The molecule has 2 N–H and O–H groups in total. The number of nitrogens with two attached hydrogens (primary N) is 1. The summed E-state index contributed by atoms with van der Waals surface area (Å²) in [6.07, 6.45) is 10.3. The zero-order valence-corrected chi connectivity index (χ0v) is 15.0. The van der Waals surface area contributed by atoms with E-state index in [-0.39, 0.29) is 6.10 Å². The molecule has 0 radical (unpaired) electrons. The molecule has 2 heterocycles. The van der Waals surface area contributed by atoms with Gasteiger partial charge in [-0.15, -0.1) is 5.10 Å². The Balaban J connectivity index is 1.84. The predicted octanol–water partition coefficient (Wildman–Crippen LogP) is 3.64. The molecule has 1 fully saturated rings. The molecule has 3 atom stereocenters. The molecule has 3 rings (SSSR count). The molecule has 1 aliphatic carbocycles. The molecule has 6 heteroatoms. The van der Waals surface area contributed by atoms with Crippen LogP contribution in [0.4, 0.5) is 5.82 Å². The van der Waals surface area contributed by atoms with E-state index in [0.29, 0.717) is 23.4 Å². The average Bonchev–Trinajstić information content (AvgIpc) is 2.93. The van der Waals surface area contributed by atoms with Crippen LogP contribution in [-0.2, 0) is 6.42 Å². The number of nitrogens with zero attached hydrogens (tertiary/aromatic N) is 4. The summed E-state index contributed by atoms with van der Waals surface area (Å²) in [6, 6.07) is 0.344. The molecule has 2 aromatic rings. The second-order valence-corrected chi connectivity index (χ2v) is 7.21. The van der Waals surface area contributed by atoms with Gasteiger partial charge < -0.3 is 10.5 Å². The third-order valence-electron chi connectivity index (χ3n) is 5.20. The Hall–Kier alpha value is -1.85. The fraction of sp³-hybridized carbons (Fsp3) is 0.722. The van der Waals surface area contributed by atoms with Crippen LogP contribution in [0.15, 0.2) is 6.20 Å². The third-order valence-corrected chi connectivity index (χ3v) is 5.20. The molecule has 0 spiro atoms. The van der Waals surface area contributed by atoms with Crippen molar-refractivity contribution in [1.29, 1.82) is 0 Å². The smallest absolute Gasteiger partial charge is 0.336 e. The molecule has 0 bridgehead atoms. The zero-order chi connectivity index (χ0) is 17.1. The SMILES string of the molecule is CCCC(C)Oc1nc(N)c2ncc(CC3CCCCC3C)n2n1. The third kappa shape index (κ3) is 3.62. The van der Waals surface area contributed by atoms with Crippen LogP contribution < -0.4 is 10.5 Å². The van der Waals surface area contributed by atoms with Crippen molar-refractivity contribution in [3.8, 4) is 6.01 Å². The first-order valence-electron chi connectivity index (χ1n) is 9.25. The van der Waals surface area contributed by atoms with Gasteiger partial charge in [0.25, 0.3) is 0 Å². The van der Waals surface area contributed by atoms with E-state index >= 15 is 0 Å². The largest absolute Gasteiger partial charge is 0.459 e. The number of rotatable bonds is 6. The summed E-state index contributed by atoms with van der Waals surface area (Å²) in [7, 11) is 0. The Kier molecular flexibility index (Phi) is 5.21. The standard InChI is InChI=1S/C18H29N5O/c1-4-7-13(3)24-18-21-16(19)17-20-11-15(23(17)22-18)10-14-9-6-5-8-12(14)2/h11-14H,4-10H2,1-3H3,(H2,19,21,22). The summed E-state index contributed by atoms with van der Waals surface area (Å²) >= 11 is 0. The van der Waals surface area contributed by atoms with Gasteiger partial charge in [0.05, 0.1) is 18.0 Å². The number of aromatic nitrogens is 4. The van der Waals surface area contributed by atoms with Crippen LogP contribution in [0, 0.1) is 11.8 Å². The van der Waals surface area contributed by atoms with Gasteiger partial charge in [0, 0.05) is 0 Å². The summed E-state index contributed by atoms with van der Waals surface area (Å²) in [5.41, 5.74) is 7.80. The molecule has 132 valence electrons. The van der Waals surface area contributed by atoms with Crippen molar-refractivity contribution in [1.82, 2.24) is 19.6 Å². The van der Waals surface area contributed by atoms with Crippen LogP contribution in [0.5, 0.6) is 6.01 Å². The van der Waals surface area contributed by atoms with Crippen molar-refractivity contribution in [2.45, 2.75) is 71.8 Å². The van der Waals surface area contributed by atoms with Gasteiger partial charge >= 0.3 is 6.01 Å². The van der Waals surface area contributed by atoms with Gasteiger partial charge in [-0.1, -0.05) is 39.5 Å². The van der Waals surface area contributed by atoms with Gasteiger partial charge in [-0.2, -0.15) is 4.98 Å². The van der Waals surface area contributed by atoms with E-state index < -0.39 is 0 Å². The van der Waals surface area contributed by atoms with Gasteiger partial charge in [-0.25, -0.2) is 9.50 Å². The van der Waals surface area contributed by atoms with E-state index in [4.69, 9.17) is 10.5 Å². The molecule has 24 heavy (non-hydrogen) atoms. The summed E-state index contributed by atoms with van der Waals surface area (Å²) in [5, 5.41) is 4.55. The van der Waals surface area contributed by atoms with Crippen molar-refractivity contribution in [2.24, 2.45) is 11.8 Å². The van der Waals surface area contributed by atoms with E-state index in [1.54, 1.807) is 0 Å². The number of fused-ring (bicyclic) bond motifs is 1. The summed E-state index contributed by atoms with van der Waals surface area (Å²) in [6.45, 7) is 6.53. The lowest BCUT2D eigenvalue weighted by molar-refractivity contribution is 0.189. The molecule has 0 aromatic carbocycles. The Morgan fingerprint density at radius 1 is 1.38 bits per heavy atom. The Morgan fingerprint density at radius 2 is 2.17 bits per heavy atom. The van der Waals surface area contributed by atoms with E-state index in [0.717, 1.165) is 30.9 Å². The second-order valence-electron chi connectivity index (χ2n) is 7.21. The minimum absolute atomic E-state index is 0.0807. The van der Waals surface area contributed by atoms with Crippen molar-refractivity contribution in [3.63, 3.8) is 0 Å². The van der Waals surface area contributed by atoms with Gasteiger partial charge in [-0.3, -0.25) is 0 Å². The summed E-state index contributed by atoms with van der Waals surface area (Å²) < 4.78 is 7.66. The highest BCUT2D eigenvalue weighted by molar-refractivity contribution is 5.59. The van der Waals surface area contributed by atoms with Crippen molar-refractivity contribution < 1.29 is 4.74 Å². The summed E-state index contributed by atoms with van der Waals surface area (Å²) in [5.74, 6) is 1.83. The van der Waals surface area contributed by atoms with Gasteiger partial charge in [0.1, 0.15) is 0 Å². The maximum atomic E-state index is 6.07. The first-order valence-corrected chi connectivity index (χ1v) is 9.25. The van der Waals surface area contributed by atoms with E-state index in [1.807, 2.05) is 17.6 Å². The van der Waals surface area contributed by atoms with Gasteiger partial charge in [-0.05, 0) is 38.0 Å². The zero-order valence-electron chi connectivity index (χ0n) is 15.0. The van der Waals surface area contributed by atoms with Crippen LogP contribution in [0.1, 0.15) is 65.0 Å². The van der Waals surface area contributed by atoms with Crippen LogP contribution in [-0.4, -0.2) is 25.7 Å². The van der Waals surface area contributed by atoms with Crippen LogP contribution in [0.25, 0.3) is 5.65 Å². The number of anilines is 1. The molecule has 0 amide bonds. The molecular weight excluding hydrogens is 302 g/mol. The van der Waals surface area contributed by atoms with Gasteiger partial charge in [0.2, 0.25) is 0 Å². The first kappa shape index (κ1) is 17.0. The summed E-state index contributed by atoms with van der Waals surface area (Å²) in [4.78, 5) is 8.68. The minimum atomic E-state index is 0.0807. The molecular formula is C18H29N5O. The molecule has 2 aromatic heterocycles. The molecule has 0 aliphatic heterocycles. The van der Waals surface area contributed by atoms with E-state index in [9.17, 15) is 0 Å². The number of hydrogen-bond acceptors (Lipinski definition) is 5. The van der Waals surface area contributed by atoms with E-state index in [2.05, 4.69) is 28.9 Å². The number of imidazole rings is 1. The maximum Gasteiger partial charge on any atom is 0.336 e. The Labute approximate surface area is 143 Å². The molecule has 0 saturated heterocycles. The van der Waals surface area contributed by atoms with Crippen molar-refractivity contribution in [3.05, 3.63) is 11.9 Å². The fourth-order valence-electron chi connectivity index (χ4n) is 3.73. The minimum Gasteiger partial charge on any atom is -0.459 e. The highest BCUT2D eigenvalue weighted by Crippen LogP contribution is 2.32. The fourth-order valence-corrected chi connectivity index (χ4v) is 3.73. The predicted molar refractivity (Wildman–Crippen MR) is 95.0 cm³/mol. The lowest BCUT2D eigenvalue weighted by atomic mass is 9.78. The van der Waals surface area contributed by atoms with Crippen LogP contribution in [0.2, 0.25) is 0 Å². The Morgan fingerprint density at radius 3 is 2.92 bits per heavy atom.